The molecule has 0 unspecified atom stereocenters. The lowest BCUT2D eigenvalue weighted by molar-refractivity contribution is -0.385. The van der Waals surface area contributed by atoms with Crippen LogP contribution in [0.15, 0.2) is 57.4 Å². The van der Waals surface area contributed by atoms with Gasteiger partial charge in [0.1, 0.15) is 4.90 Å². The van der Waals surface area contributed by atoms with Gasteiger partial charge in [-0.15, -0.1) is 5.10 Å². The molecule has 0 aliphatic carbocycles. The molecule has 1 fully saturated rings. The van der Waals surface area contributed by atoms with Crippen LogP contribution in [0.3, 0.4) is 0 Å². The summed E-state index contributed by atoms with van der Waals surface area (Å²) >= 11 is 1.02. The SMILES string of the molecule is Cc1ccc(-n2nnnc2Sc2ccc([N+](=O)[O-])cc2S(=O)(=O)N2CCOCC2)cc1. The molecule has 31 heavy (non-hydrogen) atoms. The number of ether oxygens (including phenoxy) is 1. The number of benzene rings is 2. The minimum absolute atomic E-state index is 0.160. The zero-order chi connectivity index (χ0) is 22.0. The lowest BCUT2D eigenvalue weighted by Crippen LogP contribution is -2.40. The molecular weight excluding hydrogens is 444 g/mol. The van der Waals surface area contributed by atoms with Crippen molar-refractivity contribution in [3.05, 3.63) is 58.1 Å². The second-order valence-corrected chi connectivity index (χ2v) is 9.63. The summed E-state index contributed by atoms with van der Waals surface area (Å²) in [5.74, 6) is 0. The van der Waals surface area contributed by atoms with Crippen molar-refractivity contribution in [1.29, 1.82) is 0 Å². The third-order valence-corrected chi connectivity index (χ3v) is 7.73. The maximum atomic E-state index is 13.3. The molecule has 1 saturated heterocycles. The topological polar surface area (TPSA) is 133 Å². The molecule has 4 rings (SSSR count). The Hall–Kier alpha value is -2.87. The van der Waals surface area contributed by atoms with Crippen LogP contribution in [0.1, 0.15) is 5.56 Å². The number of hydrogen-bond acceptors (Lipinski definition) is 9. The number of hydrogen-bond donors (Lipinski definition) is 0. The van der Waals surface area contributed by atoms with E-state index in [0.717, 1.165) is 23.4 Å². The minimum atomic E-state index is -3.98. The lowest BCUT2D eigenvalue weighted by Gasteiger charge is -2.26. The molecule has 0 N–H and O–H groups in total. The molecule has 0 spiro atoms. The molecule has 1 aromatic heterocycles. The highest BCUT2D eigenvalue weighted by Crippen LogP contribution is 2.36. The van der Waals surface area contributed by atoms with E-state index in [-0.39, 0.29) is 36.9 Å². The second kappa shape index (κ2) is 8.70. The summed E-state index contributed by atoms with van der Waals surface area (Å²) in [4.78, 5) is 10.8. The number of aryl methyl sites for hydroxylation is 1. The van der Waals surface area contributed by atoms with Gasteiger partial charge in [0.2, 0.25) is 15.2 Å². The van der Waals surface area contributed by atoms with Gasteiger partial charge >= 0.3 is 0 Å². The molecule has 0 atom stereocenters. The normalized spacial score (nSPS) is 15.1. The summed E-state index contributed by atoms with van der Waals surface area (Å²) in [5, 5.41) is 23.3. The average Bonchev–Trinajstić information content (AvgIpc) is 3.23. The van der Waals surface area contributed by atoms with E-state index in [1.54, 1.807) is 0 Å². The fourth-order valence-electron chi connectivity index (χ4n) is 3.01. The van der Waals surface area contributed by atoms with E-state index in [9.17, 15) is 18.5 Å². The molecule has 0 bridgehead atoms. The van der Waals surface area contributed by atoms with Crippen molar-refractivity contribution in [3.63, 3.8) is 0 Å². The summed E-state index contributed by atoms with van der Waals surface area (Å²) in [7, 11) is -3.98. The molecule has 162 valence electrons. The largest absolute Gasteiger partial charge is 0.379 e. The monoisotopic (exact) mass is 462 g/mol. The summed E-state index contributed by atoms with van der Waals surface area (Å²) in [5.41, 5.74) is 1.46. The van der Waals surface area contributed by atoms with Gasteiger partial charge in [0, 0.05) is 30.1 Å². The average molecular weight is 463 g/mol. The molecule has 13 heteroatoms. The highest BCUT2D eigenvalue weighted by atomic mass is 32.2. The van der Waals surface area contributed by atoms with Crippen LogP contribution < -0.4 is 0 Å². The zero-order valence-electron chi connectivity index (χ0n) is 16.4. The lowest BCUT2D eigenvalue weighted by atomic mass is 10.2. The first-order chi connectivity index (χ1) is 14.9. The number of nitrogens with zero attached hydrogens (tertiary/aromatic N) is 6. The van der Waals surface area contributed by atoms with Gasteiger partial charge in [0.15, 0.2) is 0 Å². The fourth-order valence-corrected chi connectivity index (χ4v) is 5.75. The quantitative estimate of drug-likeness (QED) is 0.398. The molecule has 1 aliphatic rings. The Bertz CT molecular complexity index is 1210. The van der Waals surface area contributed by atoms with Crippen molar-refractivity contribution in [1.82, 2.24) is 24.5 Å². The molecule has 2 aromatic carbocycles. The summed E-state index contributed by atoms with van der Waals surface area (Å²) < 4.78 is 34.5. The van der Waals surface area contributed by atoms with Crippen molar-refractivity contribution in [2.24, 2.45) is 0 Å². The molecule has 11 nitrogen and oxygen atoms in total. The van der Waals surface area contributed by atoms with E-state index in [0.29, 0.717) is 15.7 Å². The number of aromatic nitrogens is 4. The number of nitro groups is 1. The Morgan fingerprint density at radius 2 is 1.84 bits per heavy atom. The predicted octanol–water partition coefficient (Wildman–Crippen LogP) is 2.05. The first-order valence-electron chi connectivity index (χ1n) is 9.26. The fraction of sp³-hybridized carbons (Fsp3) is 0.278. The van der Waals surface area contributed by atoms with Gasteiger partial charge in [0.05, 0.1) is 23.8 Å². The molecular formula is C18H18N6O5S2. The van der Waals surface area contributed by atoms with Crippen LogP contribution in [0, 0.1) is 17.0 Å². The number of morpholine rings is 1. The molecule has 0 amide bonds. The third kappa shape index (κ3) is 4.44. The molecule has 1 aliphatic heterocycles. The standard InChI is InChI=1S/C18H18N6O5S2/c1-13-2-4-14(5-3-13)23-18(19-20-21-23)30-16-7-6-15(24(25)26)12-17(16)31(27,28)22-8-10-29-11-9-22/h2-7,12H,8-11H2,1H3. The zero-order valence-corrected chi connectivity index (χ0v) is 18.0. The summed E-state index contributed by atoms with van der Waals surface area (Å²) in [6.45, 7) is 2.84. The molecule has 3 aromatic rings. The Kier molecular flexibility index (Phi) is 6.00. The number of sulfonamides is 1. The van der Waals surface area contributed by atoms with Crippen LogP contribution >= 0.6 is 11.8 Å². The number of non-ortho nitro benzene ring substituents is 1. The summed E-state index contributed by atoms with van der Waals surface area (Å²) in [6, 6.07) is 11.3. The molecule has 0 radical (unpaired) electrons. The van der Waals surface area contributed by atoms with Crippen molar-refractivity contribution in [2.75, 3.05) is 26.3 Å². The van der Waals surface area contributed by atoms with E-state index >= 15 is 0 Å². The Balaban J connectivity index is 1.75. The maximum absolute atomic E-state index is 13.3. The van der Waals surface area contributed by atoms with Gasteiger partial charge in [-0.25, -0.2) is 8.42 Å². The second-order valence-electron chi connectivity index (χ2n) is 6.72. The van der Waals surface area contributed by atoms with Gasteiger partial charge in [-0.05, 0) is 47.3 Å². The highest BCUT2D eigenvalue weighted by Gasteiger charge is 2.31. The van der Waals surface area contributed by atoms with Gasteiger partial charge in [-0.1, -0.05) is 17.7 Å². The Morgan fingerprint density at radius 3 is 2.52 bits per heavy atom. The van der Waals surface area contributed by atoms with Gasteiger partial charge in [-0.3, -0.25) is 10.1 Å². The van der Waals surface area contributed by atoms with Crippen molar-refractivity contribution < 1.29 is 18.1 Å². The summed E-state index contributed by atoms with van der Waals surface area (Å²) in [6.07, 6.45) is 0. The first-order valence-corrected chi connectivity index (χ1v) is 11.5. The molecule has 0 saturated carbocycles. The maximum Gasteiger partial charge on any atom is 0.270 e. The molecule has 2 heterocycles. The predicted molar refractivity (Wildman–Crippen MR) is 111 cm³/mol. The van der Waals surface area contributed by atoms with E-state index < -0.39 is 14.9 Å². The van der Waals surface area contributed by atoms with Crippen molar-refractivity contribution in [2.45, 2.75) is 21.9 Å². The Morgan fingerprint density at radius 1 is 1.13 bits per heavy atom. The van der Waals surface area contributed by atoms with Crippen LogP contribution in [0.2, 0.25) is 0 Å². The van der Waals surface area contributed by atoms with Crippen LogP contribution in [-0.4, -0.2) is 64.2 Å². The van der Waals surface area contributed by atoms with Gasteiger partial charge in [0.25, 0.3) is 5.69 Å². The third-order valence-electron chi connectivity index (χ3n) is 4.65. The number of nitro benzene ring substituents is 1. The first kappa shape index (κ1) is 21.4. The van der Waals surface area contributed by atoms with E-state index in [1.165, 1.54) is 21.1 Å². The van der Waals surface area contributed by atoms with Gasteiger partial charge in [-0.2, -0.15) is 8.99 Å². The van der Waals surface area contributed by atoms with Crippen LogP contribution in [-0.2, 0) is 14.8 Å². The highest BCUT2D eigenvalue weighted by molar-refractivity contribution is 8.00. The Labute approximate surface area is 182 Å². The van der Waals surface area contributed by atoms with Crippen LogP contribution in [0.4, 0.5) is 5.69 Å². The van der Waals surface area contributed by atoms with Crippen LogP contribution in [0.5, 0.6) is 0 Å². The van der Waals surface area contributed by atoms with Crippen molar-refractivity contribution in [3.8, 4) is 5.69 Å². The van der Waals surface area contributed by atoms with Crippen LogP contribution in [0.25, 0.3) is 5.69 Å². The minimum Gasteiger partial charge on any atom is -0.379 e. The smallest absolute Gasteiger partial charge is 0.270 e. The van der Waals surface area contributed by atoms with E-state index in [1.807, 2.05) is 31.2 Å². The van der Waals surface area contributed by atoms with E-state index in [2.05, 4.69) is 15.5 Å². The van der Waals surface area contributed by atoms with E-state index in [4.69, 9.17) is 4.74 Å². The van der Waals surface area contributed by atoms with Crippen molar-refractivity contribution >= 4 is 27.5 Å². The number of tetrazole rings is 1. The number of rotatable bonds is 6. The van der Waals surface area contributed by atoms with Gasteiger partial charge < -0.3 is 4.74 Å².